The maximum atomic E-state index is 12.7. The third-order valence-electron chi connectivity index (χ3n) is 3.53. The zero-order chi connectivity index (χ0) is 17.1. The van der Waals surface area contributed by atoms with Gasteiger partial charge in [0.25, 0.3) is 11.1 Å². The minimum Gasteiger partial charge on any atom is -0.495 e. The van der Waals surface area contributed by atoms with Crippen molar-refractivity contribution in [2.45, 2.75) is 4.90 Å². The Morgan fingerprint density at radius 2 is 1.79 bits per heavy atom. The standard InChI is InChI=1S/C18H15NO3S2/c1-22-15-6-4-3-5-14(15)19-17(20)16(24-18(19)21)11-12-7-9-13(23-2)10-8-12/h3-11H,1-2H3. The highest BCUT2D eigenvalue weighted by Gasteiger charge is 2.37. The van der Waals surface area contributed by atoms with E-state index in [2.05, 4.69) is 0 Å². The summed E-state index contributed by atoms with van der Waals surface area (Å²) in [5.74, 6) is 0.161. The summed E-state index contributed by atoms with van der Waals surface area (Å²) in [5.41, 5.74) is 1.35. The molecule has 122 valence electrons. The zero-order valence-electron chi connectivity index (χ0n) is 13.2. The molecule has 0 N–H and O–H groups in total. The van der Waals surface area contributed by atoms with Crippen LogP contribution in [0.25, 0.3) is 6.08 Å². The highest BCUT2D eigenvalue weighted by molar-refractivity contribution is 8.19. The number of para-hydroxylation sites is 2. The molecule has 0 spiro atoms. The van der Waals surface area contributed by atoms with Crippen LogP contribution in [0, 0.1) is 0 Å². The molecule has 24 heavy (non-hydrogen) atoms. The first-order valence-electron chi connectivity index (χ1n) is 7.19. The summed E-state index contributed by atoms with van der Waals surface area (Å²) in [6.45, 7) is 0. The van der Waals surface area contributed by atoms with Gasteiger partial charge < -0.3 is 4.74 Å². The number of imide groups is 1. The van der Waals surface area contributed by atoms with Gasteiger partial charge >= 0.3 is 0 Å². The number of thioether (sulfide) groups is 2. The van der Waals surface area contributed by atoms with E-state index in [1.807, 2.05) is 30.5 Å². The Morgan fingerprint density at radius 1 is 1.08 bits per heavy atom. The monoisotopic (exact) mass is 357 g/mol. The molecule has 1 aliphatic heterocycles. The van der Waals surface area contributed by atoms with Gasteiger partial charge in [0.15, 0.2) is 0 Å². The number of ether oxygens (including phenoxy) is 1. The number of anilines is 1. The van der Waals surface area contributed by atoms with Crippen LogP contribution < -0.4 is 9.64 Å². The first-order chi connectivity index (χ1) is 11.6. The molecule has 0 unspecified atom stereocenters. The van der Waals surface area contributed by atoms with E-state index >= 15 is 0 Å². The van der Waals surface area contributed by atoms with Crippen molar-refractivity contribution in [1.29, 1.82) is 0 Å². The SMILES string of the molecule is COc1ccccc1N1C(=O)SC(=Cc2ccc(SC)cc2)C1=O. The number of hydrogen-bond donors (Lipinski definition) is 0. The van der Waals surface area contributed by atoms with Crippen molar-refractivity contribution in [3.05, 3.63) is 59.0 Å². The first-order valence-corrected chi connectivity index (χ1v) is 9.23. The number of hydrogen-bond acceptors (Lipinski definition) is 5. The second-order valence-electron chi connectivity index (χ2n) is 4.96. The predicted octanol–water partition coefficient (Wildman–Crippen LogP) is 4.66. The Hall–Kier alpha value is -2.18. The summed E-state index contributed by atoms with van der Waals surface area (Å²) in [6.07, 6.45) is 3.75. The fraction of sp³-hybridized carbons (Fsp3) is 0.111. The van der Waals surface area contributed by atoms with Crippen LogP contribution in [-0.4, -0.2) is 24.5 Å². The normalized spacial score (nSPS) is 16.1. The van der Waals surface area contributed by atoms with E-state index in [0.29, 0.717) is 16.3 Å². The smallest absolute Gasteiger partial charge is 0.298 e. The summed E-state index contributed by atoms with van der Waals surface area (Å²) in [7, 11) is 1.51. The molecule has 1 saturated heterocycles. The maximum absolute atomic E-state index is 12.7. The Kier molecular flexibility index (Phi) is 4.97. The number of carbonyl (C=O) groups is 2. The van der Waals surface area contributed by atoms with E-state index in [1.54, 1.807) is 42.1 Å². The van der Waals surface area contributed by atoms with Gasteiger partial charge in [0.2, 0.25) is 0 Å². The van der Waals surface area contributed by atoms with Crippen LogP contribution in [0.5, 0.6) is 5.75 Å². The molecule has 1 fully saturated rings. The van der Waals surface area contributed by atoms with Crippen LogP contribution in [0.4, 0.5) is 10.5 Å². The lowest BCUT2D eigenvalue weighted by molar-refractivity contribution is -0.113. The molecule has 0 radical (unpaired) electrons. The van der Waals surface area contributed by atoms with Gasteiger partial charge in [0.05, 0.1) is 17.7 Å². The minimum absolute atomic E-state index is 0.323. The van der Waals surface area contributed by atoms with E-state index in [4.69, 9.17) is 4.74 Å². The molecule has 0 aliphatic carbocycles. The van der Waals surface area contributed by atoms with Crippen LogP contribution in [0.3, 0.4) is 0 Å². The van der Waals surface area contributed by atoms with E-state index in [0.717, 1.165) is 27.1 Å². The molecular weight excluding hydrogens is 342 g/mol. The molecule has 1 aliphatic rings. The molecule has 2 aromatic rings. The lowest BCUT2D eigenvalue weighted by Gasteiger charge is -2.15. The summed E-state index contributed by atoms with van der Waals surface area (Å²) in [6, 6.07) is 14.8. The van der Waals surface area contributed by atoms with Gasteiger partial charge in [0, 0.05) is 4.90 Å². The highest BCUT2D eigenvalue weighted by atomic mass is 32.2. The molecule has 1 heterocycles. The van der Waals surface area contributed by atoms with E-state index in [1.165, 1.54) is 7.11 Å². The first kappa shape index (κ1) is 16.7. The van der Waals surface area contributed by atoms with Gasteiger partial charge in [-0.15, -0.1) is 11.8 Å². The molecule has 0 atom stereocenters. The zero-order valence-corrected chi connectivity index (χ0v) is 14.8. The second kappa shape index (κ2) is 7.15. The van der Waals surface area contributed by atoms with Crippen LogP contribution >= 0.6 is 23.5 Å². The Bertz CT molecular complexity index is 815. The number of benzene rings is 2. The summed E-state index contributed by atoms with van der Waals surface area (Å²) in [4.78, 5) is 27.7. The number of nitrogens with zero attached hydrogens (tertiary/aromatic N) is 1. The number of amides is 2. The Labute approximate surface area is 148 Å². The Balaban J connectivity index is 1.92. The maximum Gasteiger partial charge on any atom is 0.298 e. The topological polar surface area (TPSA) is 46.6 Å². The molecule has 4 nitrogen and oxygen atoms in total. The lowest BCUT2D eigenvalue weighted by atomic mass is 10.2. The summed E-state index contributed by atoms with van der Waals surface area (Å²) >= 11 is 2.59. The Morgan fingerprint density at radius 3 is 2.46 bits per heavy atom. The van der Waals surface area contributed by atoms with Gasteiger partial charge in [0.1, 0.15) is 5.75 Å². The molecule has 0 saturated carbocycles. The van der Waals surface area contributed by atoms with Gasteiger partial charge in [-0.1, -0.05) is 24.3 Å². The largest absolute Gasteiger partial charge is 0.495 e. The number of rotatable bonds is 4. The van der Waals surface area contributed by atoms with E-state index in [9.17, 15) is 9.59 Å². The number of carbonyl (C=O) groups excluding carboxylic acids is 2. The fourth-order valence-corrected chi connectivity index (χ4v) is 3.58. The van der Waals surface area contributed by atoms with Gasteiger partial charge in [-0.25, -0.2) is 4.90 Å². The third-order valence-corrected chi connectivity index (χ3v) is 5.15. The molecule has 2 amide bonds. The van der Waals surface area contributed by atoms with Crippen molar-refractivity contribution in [2.75, 3.05) is 18.3 Å². The van der Waals surface area contributed by atoms with Crippen molar-refractivity contribution in [3.8, 4) is 5.75 Å². The van der Waals surface area contributed by atoms with E-state index < -0.39 is 0 Å². The van der Waals surface area contributed by atoms with Crippen LogP contribution in [0.15, 0.2) is 58.3 Å². The van der Waals surface area contributed by atoms with Crippen molar-refractivity contribution >= 4 is 46.4 Å². The van der Waals surface area contributed by atoms with Crippen molar-refractivity contribution in [3.63, 3.8) is 0 Å². The summed E-state index contributed by atoms with van der Waals surface area (Å²) < 4.78 is 5.26. The van der Waals surface area contributed by atoms with Gasteiger partial charge in [-0.2, -0.15) is 0 Å². The van der Waals surface area contributed by atoms with Crippen LogP contribution in [-0.2, 0) is 4.79 Å². The van der Waals surface area contributed by atoms with Gasteiger partial charge in [-0.3, -0.25) is 9.59 Å². The fourth-order valence-electron chi connectivity index (χ4n) is 2.34. The average Bonchev–Trinajstić information content (AvgIpc) is 2.89. The quantitative estimate of drug-likeness (QED) is 0.588. The lowest BCUT2D eigenvalue weighted by Crippen LogP contribution is -2.28. The molecule has 0 aromatic heterocycles. The summed E-state index contributed by atoms with van der Waals surface area (Å²) in [5, 5.41) is -0.323. The molecule has 6 heteroatoms. The average molecular weight is 357 g/mol. The molecule has 2 aromatic carbocycles. The van der Waals surface area contributed by atoms with E-state index in [-0.39, 0.29) is 11.1 Å². The van der Waals surface area contributed by atoms with Crippen LogP contribution in [0.1, 0.15) is 5.56 Å². The second-order valence-corrected chi connectivity index (χ2v) is 6.83. The number of methoxy groups -OCH3 is 1. The minimum atomic E-state index is -0.330. The molecular formula is C18H15NO3S2. The van der Waals surface area contributed by atoms with Crippen molar-refractivity contribution in [2.24, 2.45) is 0 Å². The van der Waals surface area contributed by atoms with Crippen molar-refractivity contribution < 1.29 is 14.3 Å². The van der Waals surface area contributed by atoms with Crippen molar-refractivity contribution in [1.82, 2.24) is 0 Å². The molecule has 3 rings (SSSR count). The predicted molar refractivity (Wildman–Crippen MR) is 99.7 cm³/mol. The molecule has 0 bridgehead atoms. The van der Waals surface area contributed by atoms with Crippen LogP contribution in [0.2, 0.25) is 0 Å². The third kappa shape index (κ3) is 3.20. The highest BCUT2D eigenvalue weighted by Crippen LogP contribution is 2.39. The van der Waals surface area contributed by atoms with Gasteiger partial charge in [-0.05, 0) is 53.9 Å².